The molecule has 1 saturated heterocycles. The fourth-order valence-electron chi connectivity index (χ4n) is 4.60. The van der Waals surface area contributed by atoms with Gasteiger partial charge in [-0.15, -0.1) is 0 Å². The van der Waals surface area contributed by atoms with Crippen LogP contribution in [0.5, 0.6) is 0 Å². The summed E-state index contributed by atoms with van der Waals surface area (Å²) in [5, 5.41) is 0. The molecule has 39 heavy (non-hydrogen) atoms. The zero-order valence-corrected chi connectivity index (χ0v) is 22.9. The molecule has 6 heteroatoms. The minimum absolute atomic E-state index is 0.0530. The molecule has 2 amide bonds. The molecule has 0 spiro atoms. The number of esters is 1. The Kier molecular flexibility index (Phi) is 8.65. The molecule has 3 aromatic rings. The molecule has 0 saturated carbocycles. The number of cyclic esters (lactones) is 1. The predicted molar refractivity (Wildman–Crippen MR) is 151 cm³/mol. The largest absolute Gasteiger partial charge is 0.465 e. The summed E-state index contributed by atoms with van der Waals surface area (Å²) in [6, 6.07) is 24.3. The van der Waals surface area contributed by atoms with Crippen LogP contribution >= 0.6 is 0 Å². The Labute approximate surface area is 230 Å². The van der Waals surface area contributed by atoms with Crippen LogP contribution in [-0.4, -0.2) is 42.6 Å². The van der Waals surface area contributed by atoms with Crippen LogP contribution in [0.25, 0.3) is 6.08 Å². The summed E-state index contributed by atoms with van der Waals surface area (Å²) in [5.74, 6) is -1.33. The van der Waals surface area contributed by atoms with E-state index in [1.165, 1.54) is 12.0 Å². The van der Waals surface area contributed by atoms with Crippen molar-refractivity contribution in [1.82, 2.24) is 4.90 Å². The molecular formula is C33H35NO5. The summed E-state index contributed by atoms with van der Waals surface area (Å²) in [6.45, 7) is 6.58. The molecule has 1 aliphatic heterocycles. The number of hydrogen-bond donors (Lipinski definition) is 0. The highest BCUT2D eigenvalue weighted by molar-refractivity contribution is 5.97. The molecule has 6 nitrogen and oxygen atoms in total. The molecule has 0 N–H and O–H groups in total. The third kappa shape index (κ3) is 7.23. The zero-order chi connectivity index (χ0) is 28.0. The van der Waals surface area contributed by atoms with Crippen molar-refractivity contribution < 1.29 is 23.9 Å². The molecule has 2 atom stereocenters. The van der Waals surface area contributed by atoms with Crippen molar-refractivity contribution in [3.8, 4) is 0 Å². The maximum absolute atomic E-state index is 14.1. The number of allylic oxidation sites excluding steroid dienone is 1. The minimum atomic E-state index is -0.614. The third-order valence-corrected chi connectivity index (χ3v) is 6.74. The number of carbonyl (C=O) groups excluding carboxylic acids is 3. The Morgan fingerprint density at radius 1 is 0.974 bits per heavy atom. The van der Waals surface area contributed by atoms with Gasteiger partial charge in [0, 0.05) is 0 Å². The van der Waals surface area contributed by atoms with E-state index in [0.29, 0.717) is 18.4 Å². The van der Waals surface area contributed by atoms with Gasteiger partial charge in [0.15, 0.2) is 0 Å². The molecule has 1 fully saturated rings. The van der Waals surface area contributed by atoms with Gasteiger partial charge in [-0.1, -0.05) is 99.7 Å². The lowest BCUT2D eigenvalue weighted by Crippen LogP contribution is -2.43. The molecule has 0 bridgehead atoms. The second-order valence-corrected chi connectivity index (χ2v) is 10.9. The number of imide groups is 1. The first-order valence-corrected chi connectivity index (χ1v) is 13.1. The highest BCUT2D eigenvalue weighted by atomic mass is 16.6. The van der Waals surface area contributed by atoms with E-state index in [1.807, 2.05) is 66.7 Å². The molecule has 202 valence electrons. The van der Waals surface area contributed by atoms with Gasteiger partial charge in [0.25, 0.3) is 0 Å². The minimum Gasteiger partial charge on any atom is -0.465 e. The van der Waals surface area contributed by atoms with Crippen LogP contribution in [0.3, 0.4) is 0 Å². The molecule has 0 aliphatic carbocycles. The van der Waals surface area contributed by atoms with Crippen LogP contribution in [0.4, 0.5) is 4.79 Å². The van der Waals surface area contributed by atoms with Crippen molar-refractivity contribution in [2.75, 3.05) is 13.7 Å². The van der Waals surface area contributed by atoms with E-state index in [4.69, 9.17) is 9.47 Å². The van der Waals surface area contributed by atoms with Gasteiger partial charge in [0.2, 0.25) is 5.91 Å². The smallest absolute Gasteiger partial charge is 0.417 e. The number of amides is 2. The molecule has 4 rings (SSSR count). The SMILES string of the molecule is COC(=O)c1ccc(CC(C(=O)N2C(=O)OC[C@H]2Cc2ccccc2)c2ccc(/C=C/C(C)(C)C)cc2)cc1. The number of benzene rings is 3. The van der Waals surface area contributed by atoms with E-state index in [-0.39, 0.29) is 24.0 Å². The number of nitrogens with zero attached hydrogens (tertiary/aromatic N) is 1. The fourth-order valence-corrected chi connectivity index (χ4v) is 4.60. The van der Waals surface area contributed by atoms with Crippen LogP contribution in [0.15, 0.2) is 84.9 Å². The zero-order valence-electron chi connectivity index (χ0n) is 22.9. The second kappa shape index (κ2) is 12.1. The van der Waals surface area contributed by atoms with Gasteiger partial charge in [0.1, 0.15) is 6.61 Å². The molecule has 0 radical (unpaired) electrons. The van der Waals surface area contributed by atoms with E-state index in [1.54, 1.807) is 12.1 Å². The van der Waals surface area contributed by atoms with Crippen LogP contribution in [0.2, 0.25) is 0 Å². The molecule has 1 unspecified atom stereocenters. The predicted octanol–water partition coefficient (Wildman–Crippen LogP) is 6.45. The van der Waals surface area contributed by atoms with Gasteiger partial charge >= 0.3 is 12.1 Å². The lowest BCUT2D eigenvalue weighted by molar-refractivity contribution is -0.130. The van der Waals surface area contributed by atoms with E-state index in [0.717, 1.165) is 22.3 Å². The molecule has 1 heterocycles. The van der Waals surface area contributed by atoms with Crippen molar-refractivity contribution in [3.05, 3.63) is 113 Å². The molecule has 3 aromatic carbocycles. The van der Waals surface area contributed by atoms with Crippen molar-refractivity contribution in [2.24, 2.45) is 5.41 Å². The monoisotopic (exact) mass is 525 g/mol. The molecule has 1 aliphatic rings. The molecule has 0 aromatic heterocycles. The highest BCUT2D eigenvalue weighted by Gasteiger charge is 2.41. The van der Waals surface area contributed by atoms with Gasteiger partial charge in [-0.25, -0.2) is 14.5 Å². The normalized spacial score (nSPS) is 16.3. The lowest BCUT2D eigenvalue weighted by atomic mass is 9.89. The number of ether oxygens (including phenoxy) is 2. The Morgan fingerprint density at radius 2 is 1.64 bits per heavy atom. The third-order valence-electron chi connectivity index (χ3n) is 6.74. The topological polar surface area (TPSA) is 72.9 Å². The van der Waals surface area contributed by atoms with E-state index < -0.39 is 18.0 Å². The molecular weight excluding hydrogens is 490 g/mol. The van der Waals surface area contributed by atoms with Gasteiger partial charge in [-0.3, -0.25) is 4.79 Å². The van der Waals surface area contributed by atoms with Crippen LogP contribution in [0.1, 0.15) is 59.3 Å². The standard InChI is InChI=1S/C33H35NO5/c1-33(2,3)19-18-23-10-14-26(15-11-23)29(21-25-12-16-27(17-13-25)31(36)38-4)30(35)34-28(22-39-32(34)37)20-24-8-6-5-7-9-24/h5-19,28-29H,20-22H2,1-4H3/b19-18+/t28-,29?/m1/s1. The maximum atomic E-state index is 14.1. The number of methoxy groups -OCH3 is 1. The fraction of sp³-hybridized carbons (Fsp3) is 0.303. The first-order valence-electron chi connectivity index (χ1n) is 13.1. The van der Waals surface area contributed by atoms with Crippen LogP contribution in [0, 0.1) is 5.41 Å². The summed E-state index contributed by atoms with van der Waals surface area (Å²) >= 11 is 0. The summed E-state index contributed by atoms with van der Waals surface area (Å²) < 4.78 is 10.2. The Morgan fingerprint density at radius 3 is 2.26 bits per heavy atom. The van der Waals surface area contributed by atoms with E-state index in [2.05, 4.69) is 32.9 Å². The van der Waals surface area contributed by atoms with Gasteiger partial charge < -0.3 is 9.47 Å². The second-order valence-electron chi connectivity index (χ2n) is 10.9. The summed E-state index contributed by atoms with van der Waals surface area (Å²) in [4.78, 5) is 40.0. The number of hydrogen-bond acceptors (Lipinski definition) is 5. The summed E-state index contributed by atoms with van der Waals surface area (Å²) in [5.41, 5.74) is 4.23. The Hall–Kier alpha value is -4.19. The average molecular weight is 526 g/mol. The van der Waals surface area contributed by atoms with Crippen LogP contribution < -0.4 is 0 Å². The first-order chi connectivity index (χ1) is 18.6. The maximum Gasteiger partial charge on any atom is 0.417 e. The van der Waals surface area contributed by atoms with Gasteiger partial charge in [0.05, 0.1) is 24.6 Å². The van der Waals surface area contributed by atoms with Crippen molar-refractivity contribution in [2.45, 2.75) is 45.6 Å². The summed E-state index contributed by atoms with van der Waals surface area (Å²) in [6.07, 6.45) is 4.48. The average Bonchev–Trinajstić information content (AvgIpc) is 3.30. The van der Waals surface area contributed by atoms with Crippen molar-refractivity contribution >= 4 is 24.0 Å². The van der Waals surface area contributed by atoms with Crippen molar-refractivity contribution in [1.29, 1.82) is 0 Å². The van der Waals surface area contributed by atoms with Crippen LogP contribution in [-0.2, 0) is 27.1 Å². The van der Waals surface area contributed by atoms with Gasteiger partial charge in [-0.2, -0.15) is 0 Å². The lowest BCUT2D eigenvalue weighted by Gasteiger charge is -2.25. The van der Waals surface area contributed by atoms with E-state index in [9.17, 15) is 14.4 Å². The Bertz CT molecular complexity index is 1320. The highest BCUT2D eigenvalue weighted by Crippen LogP contribution is 2.29. The number of carbonyl (C=O) groups is 3. The Balaban J connectivity index is 1.64. The van der Waals surface area contributed by atoms with Gasteiger partial charge in [-0.05, 0) is 52.6 Å². The summed E-state index contributed by atoms with van der Waals surface area (Å²) in [7, 11) is 1.34. The quantitative estimate of drug-likeness (QED) is 0.316. The number of rotatable bonds is 8. The van der Waals surface area contributed by atoms with E-state index >= 15 is 0 Å². The van der Waals surface area contributed by atoms with Crippen molar-refractivity contribution in [3.63, 3.8) is 0 Å². The first kappa shape index (κ1) is 27.8.